The topological polar surface area (TPSA) is 38.8 Å². The van der Waals surface area contributed by atoms with Gasteiger partial charge in [-0.3, -0.25) is 14.1 Å². The largest absolute Gasteiger partial charge is 0.493 e. The molecule has 1 aromatic rings. The highest BCUT2D eigenvalue weighted by Gasteiger charge is 2.38. The van der Waals surface area contributed by atoms with Crippen molar-refractivity contribution in [2.75, 3.05) is 33.5 Å². The lowest BCUT2D eigenvalue weighted by atomic mass is 9.80. The fourth-order valence-electron chi connectivity index (χ4n) is 4.24. The minimum atomic E-state index is -0.393. The average Bonchev–Trinajstić information content (AvgIpc) is 2.61. The Bertz CT molecular complexity index is 646. The van der Waals surface area contributed by atoms with Crippen LogP contribution in [-0.2, 0) is 11.2 Å². The fourth-order valence-corrected chi connectivity index (χ4v) is 4.24. The van der Waals surface area contributed by atoms with Crippen LogP contribution < -0.4 is 9.47 Å². The lowest BCUT2D eigenvalue weighted by molar-refractivity contribution is -0.129. The number of alkyl halides is 1. The molecule has 2 atom stereocenters. The number of piperidine rings is 1. The molecule has 2 heterocycles. The molecule has 4 nitrogen and oxygen atoms in total. The molecule has 1 aromatic carbocycles. The molecule has 0 N–H and O–H groups in total. The maximum Gasteiger partial charge on any atom is 0.161 e. The molecule has 0 amide bonds. The summed E-state index contributed by atoms with van der Waals surface area (Å²) in [6.45, 7) is 6.12. The van der Waals surface area contributed by atoms with E-state index in [-0.39, 0.29) is 12.0 Å². The van der Waals surface area contributed by atoms with Gasteiger partial charge in [0.05, 0.1) is 20.4 Å². The molecule has 2 unspecified atom stereocenters. The molecule has 5 heteroatoms. The van der Waals surface area contributed by atoms with E-state index < -0.39 is 6.67 Å². The van der Waals surface area contributed by atoms with Gasteiger partial charge in [0.2, 0.25) is 0 Å². The average molecular weight is 363 g/mol. The highest BCUT2D eigenvalue weighted by atomic mass is 19.1. The molecule has 0 bridgehead atoms. The second kappa shape index (κ2) is 8.38. The molecule has 2 aliphatic rings. The van der Waals surface area contributed by atoms with Crippen LogP contribution in [-0.4, -0.2) is 44.2 Å². The maximum absolute atomic E-state index is 12.7. The van der Waals surface area contributed by atoms with Gasteiger partial charge in [-0.2, -0.15) is 0 Å². The van der Waals surface area contributed by atoms with Crippen LogP contribution in [0.5, 0.6) is 11.5 Å². The zero-order valence-corrected chi connectivity index (χ0v) is 16.1. The molecule has 144 valence electrons. The van der Waals surface area contributed by atoms with Crippen molar-refractivity contribution in [2.45, 2.75) is 45.6 Å². The first-order chi connectivity index (χ1) is 12.5. The minimum Gasteiger partial charge on any atom is -0.493 e. The Morgan fingerprint density at radius 2 is 2.12 bits per heavy atom. The number of ketones is 1. The molecule has 0 saturated carbocycles. The molecule has 0 aliphatic carbocycles. The standard InChI is InChI=1S/C21H30FNO3/c1-14(2)9-16-13-23-7-5-15-10-20(25-3)21(26-8-4-6-22)11-17(15)18(23)12-19(16)24/h10-11,14,16,18H,4-9,12-13H2,1-3H3. The van der Waals surface area contributed by atoms with Gasteiger partial charge in [0.15, 0.2) is 11.5 Å². The van der Waals surface area contributed by atoms with Gasteiger partial charge < -0.3 is 9.47 Å². The number of hydrogen-bond donors (Lipinski definition) is 0. The summed E-state index contributed by atoms with van der Waals surface area (Å²) in [4.78, 5) is 15.1. The van der Waals surface area contributed by atoms with E-state index in [1.54, 1.807) is 7.11 Å². The number of benzene rings is 1. The van der Waals surface area contributed by atoms with Crippen molar-refractivity contribution in [3.8, 4) is 11.5 Å². The lowest BCUT2D eigenvalue weighted by Crippen LogP contribution is -2.46. The first-order valence-corrected chi connectivity index (χ1v) is 9.69. The highest BCUT2D eigenvalue weighted by molar-refractivity contribution is 5.83. The normalized spacial score (nSPS) is 22.9. The van der Waals surface area contributed by atoms with Gasteiger partial charge in [0, 0.05) is 37.9 Å². The van der Waals surface area contributed by atoms with Crippen molar-refractivity contribution >= 4 is 5.78 Å². The molecule has 3 rings (SSSR count). The number of halogens is 1. The van der Waals surface area contributed by atoms with Crippen molar-refractivity contribution < 1.29 is 18.7 Å². The van der Waals surface area contributed by atoms with E-state index >= 15 is 0 Å². The quantitative estimate of drug-likeness (QED) is 0.687. The van der Waals surface area contributed by atoms with E-state index in [0.29, 0.717) is 42.6 Å². The number of nitrogens with zero attached hydrogens (tertiary/aromatic N) is 1. The van der Waals surface area contributed by atoms with E-state index in [2.05, 4.69) is 18.7 Å². The van der Waals surface area contributed by atoms with Crippen LogP contribution in [0, 0.1) is 11.8 Å². The molecule has 26 heavy (non-hydrogen) atoms. The van der Waals surface area contributed by atoms with Crippen LogP contribution in [0.1, 0.15) is 50.3 Å². The van der Waals surface area contributed by atoms with Crippen molar-refractivity contribution in [3.63, 3.8) is 0 Å². The predicted octanol–water partition coefficient (Wildman–Crippen LogP) is 3.97. The van der Waals surface area contributed by atoms with E-state index in [1.807, 2.05) is 12.1 Å². The summed E-state index contributed by atoms with van der Waals surface area (Å²) in [5, 5.41) is 0. The highest BCUT2D eigenvalue weighted by Crippen LogP contribution is 2.42. The molecular formula is C21H30FNO3. The number of fused-ring (bicyclic) bond motifs is 3. The third-order valence-electron chi connectivity index (χ3n) is 5.49. The number of Topliss-reactive ketones (excluding diaryl/α,β-unsaturated/α-hetero) is 1. The Labute approximate surface area is 155 Å². The van der Waals surface area contributed by atoms with E-state index in [9.17, 15) is 9.18 Å². The van der Waals surface area contributed by atoms with Gasteiger partial charge >= 0.3 is 0 Å². The Morgan fingerprint density at radius 1 is 1.31 bits per heavy atom. The molecule has 0 radical (unpaired) electrons. The van der Waals surface area contributed by atoms with Crippen LogP contribution in [0.3, 0.4) is 0 Å². The van der Waals surface area contributed by atoms with Gasteiger partial charge in [-0.25, -0.2) is 0 Å². The third-order valence-corrected chi connectivity index (χ3v) is 5.49. The van der Waals surface area contributed by atoms with Crippen LogP contribution >= 0.6 is 0 Å². The zero-order valence-electron chi connectivity index (χ0n) is 16.1. The number of carbonyl (C=O) groups excluding carboxylic acids is 1. The van der Waals surface area contributed by atoms with Crippen molar-refractivity contribution in [3.05, 3.63) is 23.3 Å². The van der Waals surface area contributed by atoms with Gasteiger partial charge in [-0.1, -0.05) is 13.8 Å². The van der Waals surface area contributed by atoms with Crippen LogP contribution in [0.15, 0.2) is 12.1 Å². The fraction of sp³-hybridized carbons (Fsp3) is 0.667. The van der Waals surface area contributed by atoms with Crippen LogP contribution in [0.25, 0.3) is 0 Å². The molecule has 2 aliphatic heterocycles. The smallest absolute Gasteiger partial charge is 0.161 e. The summed E-state index contributed by atoms with van der Waals surface area (Å²) in [5.41, 5.74) is 2.40. The van der Waals surface area contributed by atoms with Crippen LogP contribution in [0.2, 0.25) is 0 Å². The summed E-state index contributed by atoms with van der Waals surface area (Å²) >= 11 is 0. The van der Waals surface area contributed by atoms with Crippen molar-refractivity contribution in [1.29, 1.82) is 0 Å². The summed E-state index contributed by atoms with van der Waals surface area (Å²) in [6, 6.07) is 4.17. The SMILES string of the molecule is COc1cc2c(cc1OCCCF)C1CC(=O)C(CC(C)C)CN1CC2. The summed E-state index contributed by atoms with van der Waals surface area (Å²) < 4.78 is 23.6. The van der Waals surface area contributed by atoms with E-state index in [0.717, 1.165) is 25.9 Å². The molecule has 0 spiro atoms. The second-order valence-electron chi connectivity index (χ2n) is 7.85. The Kier molecular flexibility index (Phi) is 6.17. The Balaban J connectivity index is 1.83. The Morgan fingerprint density at radius 3 is 2.81 bits per heavy atom. The van der Waals surface area contributed by atoms with Gasteiger partial charge in [-0.15, -0.1) is 0 Å². The number of carbonyl (C=O) groups is 1. The monoisotopic (exact) mass is 363 g/mol. The van der Waals surface area contributed by atoms with E-state index in [4.69, 9.17) is 9.47 Å². The summed E-state index contributed by atoms with van der Waals surface area (Å²) in [7, 11) is 1.62. The summed E-state index contributed by atoms with van der Waals surface area (Å²) in [6.07, 6.45) is 2.86. The minimum absolute atomic E-state index is 0.129. The molecule has 1 fully saturated rings. The van der Waals surface area contributed by atoms with E-state index in [1.165, 1.54) is 11.1 Å². The Hall–Kier alpha value is -1.62. The van der Waals surface area contributed by atoms with Gasteiger partial charge in [-0.05, 0) is 42.0 Å². The lowest BCUT2D eigenvalue weighted by Gasteiger charge is -2.43. The van der Waals surface area contributed by atoms with Crippen molar-refractivity contribution in [2.24, 2.45) is 11.8 Å². The summed E-state index contributed by atoms with van der Waals surface area (Å²) in [5.74, 6) is 2.42. The number of hydrogen-bond acceptors (Lipinski definition) is 4. The number of methoxy groups -OCH3 is 1. The third kappa shape index (κ3) is 4.03. The number of ether oxygens (including phenoxy) is 2. The van der Waals surface area contributed by atoms with Gasteiger partial charge in [0.1, 0.15) is 5.78 Å². The zero-order chi connectivity index (χ0) is 18.7. The first-order valence-electron chi connectivity index (χ1n) is 9.69. The van der Waals surface area contributed by atoms with Crippen LogP contribution in [0.4, 0.5) is 4.39 Å². The molecule has 1 saturated heterocycles. The maximum atomic E-state index is 12.7. The van der Waals surface area contributed by atoms with Gasteiger partial charge in [0.25, 0.3) is 0 Å². The first kappa shape index (κ1) is 19.2. The molecule has 0 aromatic heterocycles. The number of rotatable bonds is 7. The second-order valence-corrected chi connectivity index (χ2v) is 7.85. The predicted molar refractivity (Wildman–Crippen MR) is 99.7 cm³/mol. The van der Waals surface area contributed by atoms with Crippen molar-refractivity contribution in [1.82, 2.24) is 4.90 Å². The molecular weight excluding hydrogens is 333 g/mol.